The van der Waals surface area contributed by atoms with Gasteiger partial charge < -0.3 is 5.32 Å². The molecule has 2 aliphatic carbocycles. The third-order valence-electron chi connectivity index (χ3n) is 4.40. The van der Waals surface area contributed by atoms with Crippen molar-refractivity contribution in [3.63, 3.8) is 0 Å². The van der Waals surface area contributed by atoms with Crippen molar-refractivity contribution in [1.82, 2.24) is 5.32 Å². The van der Waals surface area contributed by atoms with Gasteiger partial charge in [0.15, 0.2) is 0 Å². The summed E-state index contributed by atoms with van der Waals surface area (Å²) >= 11 is 0. The molecular weight excluding hydrogens is 182 g/mol. The van der Waals surface area contributed by atoms with Crippen molar-refractivity contribution in [1.29, 1.82) is 0 Å². The van der Waals surface area contributed by atoms with E-state index in [0.717, 1.165) is 23.8 Å². The van der Waals surface area contributed by atoms with E-state index in [1.807, 2.05) is 0 Å². The highest BCUT2D eigenvalue weighted by atomic mass is 14.9. The van der Waals surface area contributed by atoms with Crippen LogP contribution in [0.25, 0.3) is 0 Å². The second kappa shape index (κ2) is 5.34. The Bertz CT molecular complexity index is 173. The van der Waals surface area contributed by atoms with Gasteiger partial charge in [0, 0.05) is 6.04 Å². The van der Waals surface area contributed by atoms with Crippen LogP contribution in [0, 0.1) is 17.8 Å². The van der Waals surface area contributed by atoms with Gasteiger partial charge in [0.25, 0.3) is 0 Å². The van der Waals surface area contributed by atoms with E-state index >= 15 is 0 Å². The first kappa shape index (κ1) is 11.4. The van der Waals surface area contributed by atoms with Gasteiger partial charge in [-0.3, -0.25) is 0 Å². The lowest BCUT2D eigenvalue weighted by atomic mass is 9.80. The zero-order valence-electron chi connectivity index (χ0n) is 10.5. The monoisotopic (exact) mass is 209 g/mol. The normalized spacial score (nSPS) is 32.2. The molecule has 0 bridgehead atoms. The summed E-state index contributed by atoms with van der Waals surface area (Å²) in [6.45, 7) is 6.04. The standard InChI is InChI=1S/C14H27N/c1-11(2)13-5-7-14(8-6-13)15-10-9-12-3-4-12/h11-15H,3-10H2,1-2H3. The third-order valence-corrected chi connectivity index (χ3v) is 4.40. The molecule has 15 heavy (non-hydrogen) atoms. The SMILES string of the molecule is CC(C)C1CCC(NCCC2CC2)CC1. The van der Waals surface area contributed by atoms with Gasteiger partial charge in [0.2, 0.25) is 0 Å². The average molecular weight is 209 g/mol. The first-order chi connectivity index (χ1) is 7.25. The Kier molecular flexibility index (Phi) is 4.07. The molecule has 0 aliphatic heterocycles. The van der Waals surface area contributed by atoms with Crippen LogP contribution >= 0.6 is 0 Å². The van der Waals surface area contributed by atoms with E-state index in [2.05, 4.69) is 19.2 Å². The summed E-state index contributed by atoms with van der Waals surface area (Å²) in [5.74, 6) is 2.99. The maximum atomic E-state index is 3.75. The first-order valence-corrected chi connectivity index (χ1v) is 6.99. The van der Waals surface area contributed by atoms with Crippen molar-refractivity contribution < 1.29 is 0 Å². The maximum absolute atomic E-state index is 3.75. The fourth-order valence-electron chi connectivity index (χ4n) is 2.89. The Balaban J connectivity index is 1.56. The minimum absolute atomic E-state index is 0.846. The Morgan fingerprint density at radius 2 is 1.67 bits per heavy atom. The lowest BCUT2D eigenvalue weighted by Crippen LogP contribution is -2.34. The fourth-order valence-corrected chi connectivity index (χ4v) is 2.89. The molecule has 2 rings (SSSR count). The molecule has 0 amide bonds. The zero-order valence-corrected chi connectivity index (χ0v) is 10.5. The molecule has 0 spiro atoms. The lowest BCUT2D eigenvalue weighted by Gasteiger charge is -2.31. The predicted molar refractivity (Wildman–Crippen MR) is 65.9 cm³/mol. The van der Waals surface area contributed by atoms with Gasteiger partial charge >= 0.3 is 0 Å². The Morgan fingerprint density at radius 3 is 2.20 bits per heavy atom. The van der Waals surface area contributed by atoms with Crippen LogP contribution in [0.15, 0.2) is 0 Å². The lowest BCUT2D eigenvalue weighted by molar-refractivity contribution is 0.238. The van der Waals surface area contributed by atoms with Crippen LogP contribution in [0.2, 0.25) is 0 Å². The zero-order chi connectivity index (χ0) is 10.7. The molecule has 0 unspecified atom stereocenters. The predicted octanol–water partition coefficient (Wildman–Crippen LogP) is 3.59. The highest BCUT2D eigenvalue weighted by Crippen LogP contribution is 2.32. The summed E-state index contributed by atoms with van der Waals surface area (Å²) < 4.78 is 0. The van der Waals surface area contributed by atoms with Gasteiger partial charge in [-0.1, -0.05) is 26.7 Å². The molecule has 2 saturated carbocycles. The summed E-state index contributed by atoms with van der Waals surface area (Å²) in [4.78, 5) is 0. The number of hydrogen-bond donors (Lipinski definition) is 1. The van der Waals surface area contributed by atoms with Gasteiger partial charge in [-0.25, -0.2) is 0 Å². The van der Waals surface area contributed by atoms with Crippen LogP contribution in [-0.4, -0.2) is 12.6 Å². The molecule has 0 heterocycles. The molecule has 1 N–H and O–H groups in total. The minimum Gasteiger partial charge on any atom is -0.314 e. The van der Waals surface area contributed by atoms with Crippen molar-refractivity contribution in [2.24, 2.45) is 17.8 Å². The molecule has 0 saturated heterocycles. The van der Waals surface area contributed by atoms with E-state index in [1.165, 1.54) is 51.5 Å². The molecule has 0 aromatic rings. The van der Waals surface area contributed by atoms with E-state index in [9.17, 15) is 0 Å². The Morgan fingerprint density at radius 1 is 1.00 bits per heavy atom. The second-order valence-electron chi connectivity index (χ2n) is 6.04. The van der Waals surface area contributed by atoms with Crippen LogP contribution in [0.3, 0.4) is 0 Å². The Labute approximate surface area is 95.0 Å². The van der Waals surface area contributed by atoms with E-state index in [1.54, 1.807) is 0 Å². The van der Waals surface area contributed by atoms with Gasteiger partial charge in [-0.2, -0.15) is 0 Å². The van der Waals surface area contributed by atoms with Crippen LogP contribution in [0.5, 0.6) is 0 Å². The van der Waals surface area contributed by atoms with Crippen LogP contribution in [0.1, 0.15) is 58.8 Å². The molecule has 0 radical (unpaired) electrons. The van der Waals surface area contributed by atoms with E-state index < -0.39 is 0 Å². The van der Waals surface area contributed by atoms with Gasteiger partial charge in [-0.05, 0) is 56.4 Å². The van der Waals surface area contributed by atoms with E-state index in [0.29, 0.717) is 0 Å². The molecule has 0 aromatic heterocycles. The smallest absolute Gasteiger partial charge is 0.00672 e. The van der Waals surface area contributed by atoms with Crippen molar-refractivity contribution in [3.05, 3.63) is 0 Å². The molecule has 1 heteroatoms. The topological polar surface area (TPSA) is 12.0 Å². The fraction of sp³-hybridized carbons (Fsp3) is 1.00. The van der Waals surface area contributed by atoms with Gasteiger partial charge in [-0.15, -0.1) is 0 Å². The Hall–Kier alpha value is -0.0400. The van der Waals surface area contributed by atoms with Crippen molar-refractivity contribution in [2.45, 2.75) is 64.8 Å². The summed E-state index contributed by atoms with van der Waals surface area (Å²) in [7, 11) is 0. The van der Waals surface area contributed by atoms with E-state index in [-0.39, 0.29) is 0 Å². The number of rotatable bonds is 5. The summed E-state index contributed by atoms with van der Waals surface area (Å²) in [5, 5.41) is 3.75. The van der Waals surface area contributed by atoms with Crippen LogP contribution in [-0.2, 0) is 0 Å². The summed E-state index contributed by atoms with van der Waals surface area (Å²) in [5.41, 5.74) is 0. The highest BCUT2D eigenvalue weighted by Gasteiger charge is 2.24. The van der Waals surface area contributed by atoms with Crippen molar-refractivity contribution in [3.8, 4) is 0 Å². The second-order valence-corrected chi connectivity index (χ2v) is 6.04. The molecule has 88 valence electrons. The van der Waals surface area contributed by atoms with Gasteiger partial charge in [0.05, 0.1) is 0 Å². The quantitative estimate of drug-likeness (QED) is 0.729. The van der Waals surface area contributed by atoms with Crippen LogP contribution in [0.4, 0.5) is 0 Å². The maximum Gasteiger partial charge on any atom is 0.00672 e. The molecular formula is C14H27N. The number of nitrogens with one attached hydrogen (secondary N) is 1. The minimum atomic E-state index is 0.846. The largest absolute Gasteiger partial charge is 0.314 e. The summed E-state index contributed by atoms with van der Waals surface area (Å²) in [6, 6.07) is 0.846. The summed E-state index contributed by atoms with van der Waals surface area (Å²) in [6.07, 6.45) is 10.2. The highest BCUT2D eigenvalue weighted by molar-refractivity contribution is 4.80. The molecule has 2 fully saturated rings. The first-order valence-electron chi connectivity index (χ1n) is 6.99. The number of hydrogen-bond acceptors (Lipinski definition) is 1. The van der Waals surface area contributed by atoms with Crippen molar-refractivity contribution >= 4 is 0 Å². The third kappa shape index (κ3) is 3.79. The van der Waals surface area contributed by atoms with Crippen LogP contribution < -0.4 is 5.32 Å². The van der Waals surface area contributed by atoms with Crippen molar-refractivity contribution in [2.75, 3.05) is 6.54 Å². The average Bonchev–Trinajstić information content (AvgIpc) is 3.02. The van der Waals surface area contributed by atoms with E-state index in [4.69, 9.17) is 0 Å². The molecule has 1 nitrogen and oxygen atoms in total. The molecule has 0 atom stereocenters. The van der Waals surface area contributed by atoms with Gasteiger partial charge in [0.1, 0.15) is 0 Å². The molecule has 0 aromatic carbocycles. The molecule has 2 aliphatic rings.